The van der Waals surface area contributed by atoms with Crippen LogP contribution in [0.25, 0.3) is 0 Å². The molecule has 0 unspecified atom stereocenters. The summed E-state index contributed by atoms with van der Waals surface area (Å²) < 4.78 is 15.4. The molecule has 1 aromatic heterocycles. The number of carbonyl (C=O) groups is 1. The van der Waals surface area contributed by atoms with E-state index >= 15 is 0 Å². The van der Waals surface area contributed by atoms with Crippen molar-refractivity contribution < 1.29 is 23.9 Å². The maximum Gasteiger partial charge on any atom is 0.345 e. The maximum absolute atomic E-state index is 12.3. The van der Waals surface area contributed by atoms with E-state index in [0.717, 1.165) is 6.07 Å². The lowest BCUT2D eigenvalue weighted by atomic mass is 10.1. The topological polar surface area (TPSA) is 179 Å². The predicted molar refractivity (Wildman–Crippen MR) is 88.6 cm³/mol. The van der Waals surface area contributed by atoms with E-state index in [4.69, 9.17) is 25.7 Å². The molecular formula is C14H16N6O6. The average Bonchev–Trinajstić information content (AvgIpc) is 2.58. The first-order chi connectivity index (χ1) is 12.3. The average molecular weight is 364 g/mol. The first-order valence-corrected chi connectivity index (χ1v) is 7.28. The number of nitro groups is 1. The number of hydrogen-bond acceptors (Lipinski definition) is 11. The number of esters is 1. The van der Waals surface area contributed by atoms with Crippen molar-refractivity contribution in [3.63, 3.8) is 0 Å². The van der Waals surface area contributed by atoms with Crippen molar-refractivity contribution in [3.05, 3.63) is 33.6 Å². The van der Waals surface area contributed by atoms with Gasteiger partial charge < -0.3 is 25.7 Å². The van der Waals surface area contributed by atoms with Crippen LogP contribution in [0.1, 0.15) is 23.1 Å². The molecule has 2 rings (SSSR count). The van der Waals surface area contributed by atoms with Crippen molar-refractivity contribution in [3.8, 4) is 11.5 Å². The number of nitrogens with two attached hydrogens (primary N) is 2. The number of rotatable bonds is 7. The van der Waals surface area contributed by atoms with E-state index in [0.29, 0.717) is 0 Å². The minimum atomic E-state index is -0.974. The Kier molecular flexibility index (Phi) is 5.67. The highest BCUT2D eigenvalue weighted by Gasteiger charge is 2.26. The Morgan fingerprint density at radius 1 is 1.19 bits per heavy atom. The monoisotopic (exact) mass is 364 g/mol. The minimum Gasteiger partial charge on any atom is -0.493 e. The molecular weight excluding hydrogens is 348 g/mol. The molecule has 0 bridgehead atoms. The highest BCUT2D eigenvalue weighted by molar-refractivity contribution is 5.95. The zero-order valence-electron chi connectivity index (χ0n) is 14.0. The van der Waals surface area contributed by atoms with Gasteiger partial charge in [-0.25, -0.2) is 4.79 Å². The lowest BCUT2D eigenvalue weighted by Gasteiger charge is -2.11. The van der Waals surface area contributed by atoms with Crippen molar-refractivity contribution in [2.45, 2.75) is 13.5 Å². The van der Waals surface area contributed by atoms with Gasteiger partial charge >= 0.3 is 5.97 Å². The van der Waals surface area contributed by atoms with Crippen LogP contribution < -0.4 is 20.9 Å². The second-order valence-corrected chi connectivity index (χ2v) is 4.75. The Morgan fingerprint density at radius 3 is 2.38 bits per heavy atom. The third-order valence-electron chi connectivity index (χ3n) is 3.05. The number of anilines is 2. The van der Waals surface area contributed by atoms with Crippen LogP contribution in [0.4, 0.5) is 17.6 Å². The summed E-state index contributed by atoms with van der Waals surface area (Å²) in [6.07, 6.45) is 0. The number of hydrogen-bond donors (Lipinski definition) is 2. The molecule has 1 heterocycles. The molecule has 26 heavy (non-hydrogen) atoms. The van der Waals surface area contributed by atoms with E-state index in [-0.39, 0.29) is 41.4 Å². The van der Waals surface area contributed by atoms with Crippen LogP contribution in [0.15, 0.2) is 12.1 Å². The Labute approximate surface area is 147 Å². The van der Waals surface area contributed by atoms with Gasteiger partial charge in [0.1, 0.15) is 5.56 Å². The van der Waals surface area contributed by atoms with Crippen molar-refractivity contribution in [2.75, 3.05) is 25.2 Å². The zero-order valence-corrected chi connectivity index (χ0v) is 14.0. The molecule has 2 aromatic rings. The standard InChI is InChI=1S/C14H16N6O6/c1-3-25-10-4-7(8(20(22)23)5-9(10)24-2)12(21)26-6-11-17-13(15)19-14(16)18-11/h4-5H,3,6H2,1-2H3,(H4,15,16,17,18,19). The van der Waals surface area contributed by atoms with Gasteiger partial charge in [0.05, 0.1) is 24.7 Å². The van der Waals surface area contributed by atoms with Gasteiger partial charge in [0.15, 0.2) is 23.9 Å². The summed E-state index contributed by atoms with van der Waals surface area (Å²) in [6.45, 7) is 1.59. The first kappa shape index (κ1) is 18.6. The van der Waals surface area contributed by atoms with Crippen LogP contribution in [0.3, 0.4) is 0 Å². The molecule has 138 valence electrons. The number of benzene rings is 1. The molecule has 0 aliphatic carbocycles. The predicted octanol–water partition coefficient (Wildman–Crippen LogP) is 0.708. The number of aromatic nitrogens is 3. The molecule has 12 heteroatoms. The number of methoxy groups -OCH3 is 1. The zero-order chi connectivity index (χ0) is 19.3. The Hall–Kier alpha value is -3.70. The molecule has 0 atom stereocenters. The first-order valence-electron chi connectivity index (χ1n) is 7.28. The molecule has 0 aliphatic heterocycles. The summed E-state index contributed by atoms with van der Waals surface area (Å²) in [6, 6.07) is 2.26. The van der Waals surface area contributed by atoms with Crippen molar-refractivity contribution >= 4 is 23.6 Å². The van der Waals surface area contributed by atoms with E-state index < -0.39 is 23.2 Å². The number of nitrogen functional groups attached to an aromatic ring is 2. The minimum absolute atomic E-state index is 0.00421. The van der Waals surface area contributed by atoms with E-state index in [1.165, 1.54) is 13.2 Å². The molecule has 0 aliphatic rings. The summed E-state index contributed by atoms with van der Waals surface area (Å²) in [5.74, 6) is -0.966. The largest absolute Gasteiger partial charge is 0.493 e. The van der Waals surface area contributed by atoms with Gasteiger partial charge in [0.25, 0.3) is 5.69 Å². The lowest BCUT2D eigenvalue weighted by molar-refractivity contribution is -0.385. The molecule has 0 fully saturated rings. The number of nitro benzene ring substituents is 1. The van der Waals surface area contributed by atoms with Crippen molar-refractivity contribution in [2.24, 2.45) is 0 Å². The smallest absolute Gasteiger partial charge is 0.345 e. The molecule has 12 nitrogen and oxygen atoms in total. The van der Waals surface area contributed by atoms with Crippen LogP contribution in [-0.4, -0.2) is 39.6 Å². The highest BCUT2D eigenvalue weighted by atomic mass is 16.6. The van der Waals surface area contributed by atoms with Gasteiger partial charge in [-0.2, -0.15) is 15.0 Å². The van der Waals surface area contributed by atoms with E-state index in [9.17, 15) is 14.9 Å². The summed E-state index contributed by atoms with van der Waals surface area (Å²) in [7, 11) is 1.33. The SMILES string of the molecule is CCOc1cc(C(=O)OCc2nc(N)nc(N)n2)c([N+](=O)[O-])cc1OC. The van der Waals surface area contributed by atoms with Crippen molar-refractivity contribution in [1.82, 2.24) is 15.0 Å². The van der Waals surface area contributed by atoms with Gasteiger partial charge in [-0.15, -0.1) is 0 Å². The summed E-state index contributed by atoms with van der Waals surface area (Å²) >= 11 is 0. The Morgan fingerprint density at radius 2 is 1.85 bits per heavy atom. The molecule has 0 saturated carbocycles. The third kappa shape index (κ3) is 4.23. The van der Waals surface area contributed by atoms with Gasteiger partial charge in [-0.1, -0.05) is 0 Å². The fourth-order valence-electron chi connectivity index (χ4n) is 2.02. The van der Waals surface area contributed by atoms with Crippen LogP contribution in [0, 0.1) is 10.1 Å². The quantitative estimate of drug-likeness (QED) is 0.401. The fraction of sp³-hybridized carbons (Fsp3) is 0.286. The lowest BCUT2D eigenvalue weighted by Crippen LogP contribution is -2.12. The molecule has 0 spiro atoms. The number of carbonyl (C=O) groups excluding carboxylic acids is 1. The second kappa shape index (κ2) is 7.92. The van der Waals surface area contributed by atoms with Crippen LogP contribution in [-0.2, 0) is 11.3 Å². The van der Waals surface area contributed by atoms with Crippen LogP contribution in [0.5, 0.6) is 11.5 Å². The van der Waals surface area contributed by atoms with E-state index in [2.05, 4.69) is 15.0 Å². The van der Waals surface area contributed by atoms with Gasteiger partial charge in [-0.05, 0) is 6.92 Å². The molecule has 4 N–H and O–H groups in total. The Bertz CT molecular complexity index is 823. The van der Waals surface area contributed by atoms with E-state index in [1.807, 2.05) is 0 Å². The summed E-state index contributed by atoms with van der Waals surface area (Å²) in [5.41, 5.74) is 10.0. The highest BCUT2D eigenvalue weighted by Crippen LogP contribution is 2.35. The van der Waals surface area contributed by atoms with Gasteiger partial charge in [-0.3, -0.25) is 10.1 Å². The molecule has 0 radical (unpaired) electrons. The molecule has 0 amide bonds. The third-order valence-corrected chi connectivity index (χ3v) is 3.05. The summed E-state index contributed by atoms with van der Waals surface area (Å²) in [5, 5.41) is 11.3. The second-order valence-electron chi connectivity index (χ2n) is 4.75. The molecule has 0 saturated heterocycles. The van der Waals surface area contributed by atoms with Gasteiger partial charge in [0, 0.05) is 6.07 Å². The maximum atomic E-state index is 12.3. The van der Waals surface area contributed by atoms with E-state index in [1.54, 1.807) is 6.92 Å². The van der Waals surface area contributed by atoms with Crippen molar-refractivity contribution in [1.29, 1.82) is 0 Å². The van der Waals surface area contributed by atoms with Crippen LogP contribution in [0.2, 0.25) is 0 Å². The number of nitrogens with zero attached hydrogens (tertiary/aromatic N) is 4. The number of ether oxygens (including phenoxy) is 3. The van der Waals surface area contributed by atoms with Crippen LogP contribution >= 0.6 is 0 Å². The normalized spacial score (nSPS) is 10.2. The fourth-order valence-corrected chi connectivity index (χ4v) is 2.02. The van der Waals surface area contributed by atoms with Gasteiger partial charge in [0.2, 0.25) is 11.9 Å². The molecule has 1 aromatic carbocycles. The Balaban J connectivity index is 2.31. The summed E-state index contributed by atoms with van der Waals surface area (Å²) in [4.78, 5) is 33.9.